The van der Waals surface area contributed by atoms with Gasteiger partial charge in [-0.05, 0) is 12.8 Å². The second kappa shape index (κ2) is 13.0. The van der Waals surface area contributed by atoms with Gasteiger partial charge in [0.2, 0.25) is 0 Å². The van der Waals surface area contributed by atoms with Gasteiger partial charge in [-0.3, -0.25) is 0 Å². The molecule has 1 rings (SSSR count). The Morgan fingerprint density at radius 1 is 1.13 bits per heavy atom. The highest BCUT2D eigenvalue weighted by molar-refractivity contribution is 5.89. The number of aliphatic hydroxyl groups is 1. The molecule has 0 spiro atoms. The van der Waals surface area contributed by atoms with Crippen LogP contribution >= 0.6 is 0 Å². The van der Waals surface area contributed by atoms with Crippen LogP contribution in [0.3, 0.4) is 0 Å². The van der Waals surface area contributed by atoms with Crippen molar-refractivity contribution in [2.45, 2.75) is 64.2 Å². The first-order chi connectivity index (χ1) is 10.8. The molecule has 1 atom stereocenters. The Morgan fingerprint density at radius 2 is 1.65 bits per heavy atom. The summed E-state index contributed by atoms with van der Waals surface area (Å²) in [5, 5.41) is 28.5. The molecule has 0 aromatic rings. The topological polar surface area (TPSA) is 116 Å². The van der Waals surface area contributed by atoms with Gasteiger partial charge in [0.1, 0.15) is 0 Å². The minimum Gasteiger partial charge on any atom is -0.478 e. The van der Waals surface area contributed by atoms with E-state index in [2.05, 4.69) is 19.2 Å². The first-order valence-corrected chi connectivity index (χ1v) is 7.98. The highest BCUT2D eigenvalue weighted by Crippen LogP contribution is 2.20. The number of nitrogens with one attached hydrogen (secondary N) is 1. The Morgan fingerprint density at radius 3 is 2.09 bits per heavy atom. The number of carboxylic acids is 2. The predicted octanol–water partition coefficient (Wildman–Crippen LogP) is 1.41. The van der Waals surface area contributed by atoms with Crippen LogP contribution in [0.15, 0.2) is 12.2 Å². The van der Waals surface area contributed by atoms with Crippen molar-refractivity contribution in [2.75, 3.05) is 13.2 Å². The highest BCUT2D eigenvalue weighted by atomic mass is 16.5. The SMILES string of the molecule is CC(C)NCC(O)COC1CCCCC1.O=C(O)/C=C/C(=O)O. The van der Waals surface area contributed by atoms with E-state index < -0.39 is 11.9 Å². The minimum absolute atomic E-state index is 0.366. The van der Waals surface area contributed by atoms with Gasteiger partial charge in [0.25, 0.3) is 0 Å². The molecule has 0 radical (unpaired) electrons. The maximum Gasteiger partial charge on any atom is 0.328 e. The van der Waals surface area contributed by atoms with Crippen molar-refractivity contribution in [3.8, 4) is 0 Å². The van der Waals surface area contributed by atoms with Crippen molar-refractivity contribution in [3.63, 3.8) is 0 Å². The fourth-order valence-electron chi connectivity index (χ4n) is 2.05. The molecule has 0 amide bonds. The van der Waals surface area contributed by atoms with Crippen LogP contribution in [0.1, 0.15) is 46.0 Å². The lowest BCUT2D eigenvalue weighted by Gasteiger charge is -2.23. The number of rotatable bonds is 8. The van der Waals surface area contributed by atoms with E-state index in [9.17, 15) is 14.7 Å². The van der Waals surface area contributed by atoms with E-state index in [1.807, 2.05) is 0 Å². The maximum atomic E-state index is 9.64. The molecule has 7 nitrogen and oxygen atoms in total. The third kappa shape index (κ3) is 15.2. The lowest BCUT2D eigenvalue weighted by molar-refractivity contribution is -0.134. The molecule has 1 fully saturated rings. The predicted molar refractivity (Wildman–Crippen MR) is 86.4 cm³/mol. The third-order valence-corrected chi connectivity index (χ3v) is 3.21. The van der Waals surface area contributed by atoms with Crippen LogP contribution in [0, 0.1) is 0 Å². The van der Waals surface area contributed by atoms with Crippen LogP contribution in [0.25, 0.3) is 0 Å². The number of aliphatic carboxylic acids is 2. The second-order valence-electron chi connectivity index (χ2n) is 5.82. The summed E-state index contributed by atoms with van der Waals surface area (Å²) < 4.78 is 5.69. The van der Waals surface area contributed by atoms with E-state index >= 15 is 0 Å². The standard InChI is InChI=1S/C12H25NO2.C4H4O4/c1-10(2)13-8-11(14)9-15-12-6-4-3-5-7-12;5-3(6)1-2-4(7)8/h10-14H,3-9H2,1-2H3;1-2H,(H,5,6)(H,7,8)/b;2-1+. The molecule has 1 saturated carbocycles. The van der Waals surface area contributed by atoms with Gasteiger partial charge in [-0.2, -0.15) is 0 Å². The number of hydrogen-bond acceptors (Lipinski definition) is 5. The van der Waals surface area contributed by atoms with E-state index in [-0.39, 0.29) is 6.10 Å². The molecule has 23 heavy (non-hydrogen) atoms. The van der Waals surface area contributed by atoms with E-state index in [0.29, 0.717) is 37.4 Å². The summed E-state index contributed by atoms with van der Waals surface area (Å²) >= 11 is 0. The van der Waals surface area contributed by atoms with Crippen molar-refractivity contribution in [2.24, 2.45) is 0 Å². The molecule has 1 aliphatic rings. The lowest BCUT2D eigenvalue weighted by atomic mass is 9.98. The van der Waals surface area contributed by atoms with Crippen molar-refractivity contribution in [3.05, 3.63) is 12.2 Å². The largest absolute Gasteiger partial charge is 0.478 e. The van der Waals surface area contributed by atoms with Crippen LogP contribution in [0.4, 0.5) is 0 Å². The Kier molecular flexibility index (Phi) is 12.2. The average molecular weight is 331 g/mol. The third-order valence-electron chi connectivity index (χ3n) is 3.21. The van der Waals surface area contributed by atoms with E-state index in [1.54, 1.807) is 0 Å². The summed E-state index contributed by atoms with van der Waals surface area (Å²) in [5.74, 6) is -2.51. The lowest BCUT2D eigenvalue weighted by Crippen LogP contribution is -2.35. The number of carboxylic acid groups (broad SMARTS) is 2. The first kappa shape index (κ1) is 21.6. The number of hydrogen-bond donors (Lipinski definition) is 4. The summed E-state index contributed by atoms with van der Waals surface area (Å²) in [6.07, 6.45) is 7.40. The highest BCUT2D eigenvalue weighted by Gasteiger charge is 2.15. The van der Waals surface area contributed by atoms with Crippen molar-refractivity contribution in [1.29, 1.82) is 0 Å². The van der Waals surface area contributed by atoms with Crippen molar-refractivity contribution in [1.82, 2.24) is 5.32 Å². The summed E-state index contributed by atoms with van der Waals surface area (Å²) in [4.78, 5) is 19.1. The average Bonchev–Trinajstić information content (AvgIpc) is 2.50. The van der Waals surface area contributed by atoms with Gasteiger partial charge in [-0.1, -0.05) is 33.1 Å². The van der Waals surface area contributed by atoms with Gasteiger partial charge in [-0.25, -0.2) is 9.59 Å². The summed E-state index contributed by atoms with van der Waals surface area (Å²) in [7, 11) is 0. The van der Waals surface area contributed by atoms with Gasteiger partial charge in [0.15, 0.2) is 0 Å². The van der Waals surface area contributed by atoms with Crippen LogP contribution < -0.4 is 5.32 Å². The normalized spacial score (nSPS) is 16.9. The number of carbonyl (C=O) groups is 2. The molecular formula is C16H29NO6. The molecule has 0 bridgehead atoms. The van der Waals surface area contributed by atoms with Gasteiger partial charge in [-0.15, -0.1) is 0 Å². The molecule has 1 aliphatic carbocycles. The van der Waals surface area contributed by atoms with Gasteiger partial charge < -0.3 is 25.4 Å². The molecule has 7 heteroatoms. The number of aliphatic hydroxyl groups excluding tert-OH is 1. The van der Waals surface area contributed by atoms with Crippen molar-refractivity contribution < 1.29 is 29.6 Å². The molecule has 134 valence electrons. The number of ether oxygens (including phenoxy) is 1. The van der Waals surface area contributed by atoms with Crippen LogP contribution in [0.5, 0.6) is 0 Å². The zero-order valence-electron chi connectivity index (χ0n) is 13.9. The molecule has 1 unspecified atom stereocenters. The zero-order chi connectivity index (χ0) is 17.7. The molecule has 0 aromatic carbocycles. The van der Waals surface area contributed by atoms with Gasteiger partial charge >= 0.3 is 11.9 Å². The Hall–Kier alpha value is -1.44. The summed E-state index contributed by atoms with van der Waals surface area (Å²) in [6, 6.07) is 0.425. The zero-order valence-corrected chi connectivity index (χ0v) is 13.9. The molecular weight excluding hydrogens is 302 g/mol. The Labute approximate surface area is 137 Å². The van der Waals surface area contributed by atoms with E-state index in [4.69, 9.17) is 14.9 Å². The fourth-order valence-corrected chi connectivity index (χ4v) is 2.05. The smallest absolute Gasteiger partial charge is 0.328 e. The van der Waals surface area contributed by atoms with Gasteiger partial charge in [0.05, 0.1) is 18.8 Å². The van der Waals surface area contributed by atoms with Crippen LogP contribution in [-0.2, 0) is 14.3 Å². The first-order valence-electron chi connectivity index (χ1n) is 7.98. The van der Waals surface area contributed by atoms with Gasteiger partial charge in [0, 0.05) is 24.7 Å². The van der Waals surface area contributed by atoms with Crippen LogP contribution in [0.2, 0.25) is 0 Å². The summed E-state index contributed by atoms with van der Waals surface area (Å²) in [6.45, 7) is 5.26. The Bertz CT molecular complexity index is 348. The summed E-state index contributed by atoms with van der Waals surface area (Å²) in [5.41, 5.74) is 0. The monoisotopic (exact) mass is 331 g/mol. The molecule has 0 saturated heterocycles. The fraction of sp³-hybridized carbons (Fsp3) is 0.750. The molecule has 4 N–H and O–H groups in total. The quantitative estimate of drug-likeness (QED) is 0.497. The van der Waals surface area contributed by atoms with Crippen molar-refractivity contribution >= 4 is 11.9 Å². The second-order valence-corrected chi connectivity index (χ2v) is 5.82. The van der Waals surface area contributed by atoms with E-state index in [1.165, 1.54) is 32.1 Å². The van der Waals surface area contributed by atoms with E-state index in [0.717, 1.165) is 0 Å². The Balaban J connectivity index is 0.000000515. The molecule has 0 aliphatic heterocycles. The maximum absolute atomic E-state index is 9.64. The molecule has 0 heterocycles. The van der Waals surface area contributed by atoms with Crippen LogP contribution in [-0.4, -0.2) is 58.7 Å². The molecule has 0 aromatic heterocycles. The minimum atomic E-state index is -1.26.